The minimum atomic E-state index is -0.607. The summed E-state index contributed by atoms with van der Waals surface area (Å²) >= 11 is 0. The van der Waals surface area contributed by atoms with E-state index in [9.17, 15) is 15.0 Å². The van der Waals surface area contributed by atoms with Crippen LogP contribution >= 0.6 is 0 Å². The number of hydrogen-bond acceptors (Lipinski definition) is 4. The molecule has 0 heterocycles. The fraction of sp³-hybridized carbons (Fsp3) is 0.533. The highest BCUT2D eigenvalue weighted by Crippen LogP contribution is 2.25. The number of amides is 1. The van der Waals surface area contributed by atoms with Gasteiger partial charge in [-0.05, 0) is 58.2 Å². The van der Waals surface area contributed by atoms with Crippen LogP contribution in [0.25, 0.3) is 0 Å². The van der Waals surface area contributed by atoms with Gasteiger partial charge in [0.2, 0.25) is 0 Å². The lowest BCUT2D eigenvalue weighted by Gasteiger charge is -2.20. The Hall–Kier alpha value is -1.75. The third kappa shape index (κ3) is 5.93. The van der Waals surface area contributed by atoms with E-state index < -0.39 is 11.7 Å². The van der Waals surface area contributed by atoms with Crippen molar-refractivity contribution in [2.75, 3.05) is 5.32 Å². The van der Waals surface area contributed by atoms with Gasteiger partial charge in [-0.1, -0.05) is 6.07 Å². The molecule has 1 amide bonds. The summed E-state index contributed by atoms with van der Waals surface area (Å²) < 4.78 is 5.11. The van der Waals surface area contributed by atoms with Gasteiger partial charge in [0.05, 0.1) is 11.8 Å². The van der Waals surface area contributed by atoms with Crippen LogP contribution in [-0.2, 0) is 11.2 Å². The molecule has 0 saturated carbocycles. The first-order valence-corrected chi connectivity index (χ1v) is 6.67. The van der Waals surface area contributed by atoms with Gasteiger partial charge in [-0.25, -0.2) is 4.79 Å². The largest absolute Gasteiger partial charge is 0.506 e. The van der Waals surface area contributed by atoms with E-state index in [1.807, 2.05) is 0 Å². The predicted octanol–water partition coefficient (Wildman–Crippen LogP) is 3.05. The third-order valence-corrected chi connectivity index (χ3v) is 2.55. The van der Waals surface area contributed by atoms with Crippen molar-refractivity contribution >= 4 is 11.8 Å². The molecule has 0 aliphatic heterocycles. The molecular formula is C15H23NO4. The summed E-state index contributed by atoms with van der Waals surface area (Å²) in [6, 6.07) is 5.00. The van der Waals surface area contributed by atoms with E-state index in [4.69, 9.17) is 4.74 Å². The molecule has 0 unspecified atom stereocenters. The van der Waals surface area contributed by atoms with Gasteiger partial charge in [-0.2, -0.15) is 0 Å². The number of aliphatic hydroxyl groups is 1. The molecule has 20 heavy (non-hydrogen) atoms. The number of aryl methyl sites for hydroxylation is 1. The number of phenolic OH excluding ortho intramolecular Hbond substituents is 1. The van der Waals surface area contributed by atoms with Crippen LogP contribution < -0.4 is 5.32 Å². The van der Waals surface area contributed by atoms with E-state index in [0.29, 0.717) is 18.5 Å². The van der Waals surface area contributed by atoms with E-state index in [2.05, 4.69) is 5.32 Å². The molecule has 3 N–H and O–H groups in total. The normalized spacial score (nSPS) is 12.8. The van der Waals surface area contributed by atoms with E-state index in [1.165, 1.54) is 0 Å². The summed E-state index contributed by atoms with van der Waals surface area (Å²) in [4.78, 5) is 11.6. The Labute approximate surface area is 119 Å². The number of phenols is 1. The average molecular weight is 281 g/mol. The van der Waals surface area contributed by atoms with Crippen LogP contribution in [0, 0.1) is 0 Å². The van der Waals surface area contributed by atoms with Crippen LogP contribution in [0.15, 0.2) is 18.2 Å². The van der Waals surface area contributed by atoms with Gasteiger partial charge in [0, 0.05) is 0 Å². The lowest BCUT2D eigenvalue weighted by molar-refractivity contribution is 0.0635. The maximum absolute atomic E-state index is 11.6. The minimum absolute atomic E-state index is 0.0149. The summed E-state index contributed by atoms with van der Waals surface area (Å²) in [7, 11) is 0. The van der Waals surface area contributed by atoms with Gasteiger partial charge in [-0.3, -0.25) is 5.32 Å². The zero-order valence-corrected chi connectivity index (χ0v) is 12.4. The van der Waals surface area contributed by atoms with Crippen LogP contribution in [0.1, 0.15) is 39.7 Å². The Bertz CT molecular complexity index is 463. The van der Waals surface area contributed by atoms with Crippen molar-refractivity contribution in [1.82, 2.24) is 0 Å². The molecule has 0 aliphatic rings. The van der Waals surface area contributed by atoms with Gasteiger partial charge >= 0.3 is 6.09 Å². The number of hydrogen-bond donors (Lipinski definition) is 3. The molecule has 0 aromatic heterocycles. The summed E-state index contributed by atoms with van der Waals surface area (Å²) in [6.45, 7) is 7.03. The van der Waals surface area contributed by atoms with Crippen molar-refractivity contribution in [2.24, 2.45) is 0 Å². The van der Waals surface area contributed by atoms with Gasteiger partial charge in [-0.15, -0.1) is 0 Å². The van der Waals surface area contributed by atoms with Crippen molar-refractivity contribution in [3.05, 3.63) is 23.8 Å². The summed E-state index contributed by atoms with van der Waals surface area (Å²) in [5.41, 5.74) is 0.620. The molecule has 0 aliphatic carbocycles. The minimum Gasteiger partial charge on any atom is -0.506 e. The first-order valence-electron chi connectivity index (χ1n) is 6.67. The molecule has 112 valence electrons. The molecule has 1 aromatic carbocycles. The van der Waals surface area contributed by atoms with Crippen LogP contribution in [0.3, 0.4) is 0 Å². The number of aromatic hydroxyl groups is 1. The number of anilines is 1. The molecule has 1 rings (SSSR count). The SMILES string of the molecule is C[C@@H](O)CCc1ccc(NC(=O)OC(C)(C)C)c(O)c1. The molecule has 1 atom stereocenters. The van der Waals surface area contributed by atoms with Crippen LogP contribution in [0.5, 0.6) is 5.75 Å². The number of rotatable bonds is 4. The molecule has 0 radical (unpaired) electrons. The number of carbonyl (C=O) groups is 1. The van der Waals surface area contributed by atoms with Crippen molar-refractivity contribution in [3.8, 4) is 5.75 Å². The number of ether oxygens (including phenoxy) is 1. The fourth-order valence-corrected chi connectivity index (χ4v) is 1.63. The predicted molar refractivity (Wildman–Crippen MR) is 78.0 cm³/mol. The summed E-state index contributed by atoms with van der Waals surface area (Å²) in [6.07, 6.45) is 0.303. The van der Waals surface area contributed by atoms with E-state index in [0.717, 1.165) is 5.56 Å². The molecule has 5 nitrogen and oxygen atoms in total. The molecule has 0 spiro atoms. The van der Waals surface area contributed by atoms with E-state index >= 15 is 0 Å². The first kappa shape index (κ1) is 16.3. The highest BCUT2D eigenvalue weighted by atomic mass is 16.6. The molecular weight excluding hydrogens is 258 g/mol. The Morgan fingerprint density at radius 3 is 2.55 bits per heavy atom. The molecule has 0 saturated heterocycles. The zero-order valence-electron chi connectivity index (χ0n) is 12.4. The lowest BCUT2D eigenvalue weighted by atomic mass is 10.1. The monoisotopic (exact) mass is 281 g/mol. The average Bonchev–Trinajstić information content (AvgIpc) is 2.27. The second-order valence-electron chi connectivity index (χ2n) is 5.87. The number of aliphatic hydroxyl groups excluding tert-OH is 1. The molecule has 0 fully saturated rings. The third-order valence-electron chi connectivity index (χ3n) is 2.55. The van der Waals surface area contributed by atoms with Gasteiger partial charge in [0.15, 0.2) is 0 Å². The summed E-state index contributed by atoms with van der Waals surface area (Å²) in [5.74, 6) is -0.0149. The standard InChI is InChI=1S/C15H23NO4/c1-10(17)5-6-11-7-8-12(13(18)9-11)16-14(19)20-15(2,3)4/h7-10,17-18H,5-6H2,1-4H3,(H,16,19)/t10-/m1/s1. The van der Waals surface area contributed by atoms with Crippen LogP contribution in [-0.4, -0.2) is 28.0 Å². The Kier molecular flexibility index (Phi) is 5.39. The van der Waals surface area contributed by atoms with Crippen molar-refractivity contribution in [1.29, 1.82) is 0 Å². The highest BCUT2D eigenvalue weighted by molar-refractivity contribution is 5.86. The topological polar surface area (TPSA) is 78.8 Å². The summed E-state index contributed by atoms with van der Waals surface area (Å²) in [5, 5.41) is 21.6. The molecule has 5 heteroatoms. The van der Waals surface area contributed by atoms with Crippen molar-refractivity contribution in [2.45, 2.75) is 52.2 Å². The molecule has 0 bridgehead atoms. The molecule has 1 aromatic rings. The highest BCUT2D eigenvalue weighted by Gasteiger charge is 2.17. The Balaban J connectivity index is 2.66. The number of benzene rings is 1. The number of nitrogens with one attached hydrogen (secondary N) is 1. The first-order chi connectivity index (χ1) is 9.17. The zero-order chi connectivity index (χ0) is 15.3. The van der Waals surface area contributed by atoms with E-state index in [-0.39, 0.29) is 11.9 Å². The maximum Gasteiger partial charge on any atom is 0.412 e. The smallest absolute Gasteiger partial charge is 0.412 e. The van der Waals surface area contributed by atoms with Crippen LogP contribution in [0.4, 0.5) is 10.5 Å². The van der Waals surface area contributed by atoms with E-state index in [1.54, 1.807) is 45.9 Å². The van der Waals surface area contributed by atoms with Crippen molar-refractivity contribution in [3.63, 3.8) is 0 Å². The maximum atomic E-state index is 11.6. The Morgan fingerprint density at radius 1 is 1.40 bits per heavy atom. The lowest BCUT2D eigenvalue weighted by Crippen LogP contribution is -2.27. The fourth-order valence-electron chi connectivity index (χ4n) is 1.63. The Morgan fingerprint density at radius 2 is 2.05 bits per heavy atom. The van der Waals surface area contributed by atoms with Crippen molar-refractivity contribution < 1.29 is 19.7 Å². The van der Waals surface area contributed by atoms with Gasteiger partial charge < -0.3 is 14.9 Å². The quantitative estimate of drug-likeness (QED) is 0.741. The van der Waals surface area contributed by atoms with Crippen LogP contribution in [0.2, 0.25) is 0 Å². The second kappa shape index (κ2) is 6.61. The van der Waals surface area contributed by atoms with Gasteiger partial charge in [0.25, 0.3) is 0 Å². The second-order valence-corrected chi connectivity index (χ2v) is 5.87. The number of carbonyl (C=O) groups excluding carboxylic acids is 1. The van der Waals surface area contributed by atoms with Gasteiger partial charge in [0.1, 0.15) is 11.4 Å².